The highest BCUT2D eigenvalue weighted by molar-refractivity contribution is 9.10. The fourth-order valence-electron chi connectivity index (χ4n) is 6.32. The molecular formula is C26H31BrF4N4O3. The van der Waals surface area contributed by atoms with Crippen LogP contribution in [-0.4, -0.2) is 44.5 Å². The van der Waals surface area contributed by atoms with Crippen LogP contribution in [0.15, 0.2) is 27.3 Å². The molecule has 2 aromatic heterocycles. The van der Waals surface area contributed by atoms with E-state index in [1.54, 1.807) is 23.1 Å². The first-order chi connectivity index (χ1) is 17.6. The number of alkyl halides is 4. The van der Waals surface area contributed by atoms with Crippen molar-refractivity contribution >= 4 is 27.7 Å². The van der Waals surface area contributed by atoms with Crippen LogP contribution in [0.2, 0.25) is 0 Å². The molecule has 0 aromatic carbocycles. The van der Waals surface area contributed by atoms with Crippen LogP contribution in [0.5, 0.6) is 0 Å². The molecule has 0 spiro atoms. The fraction of sp³-hybridized carbons (Fsp3) is 0.692. The van der Waals surface area contributed by atoms with E-state index in [0.717, 1.165) is 38.5 Å². The van der Waals surface area contributed by atoms with Gasteiger partial charge in [0.05, 0.1) is 0 Å². The fourth-order valence-corrected chi connectivity index (χ4v) is 6.66. The van der Waals surface area contributed by atoms with Crippen molar-refractivity contribution in [1.29, 1.82) is 0 Å². The number of aliphatic hydroxyl groups is 1. The van der Waals surface area contributed by atoms with E-state index in [0.29, 0.717) is 22.8 Å². The van der Waals surface area contributed by atoms with E-state index in [-0.39, 0.29) is 29.0 Å². The van der Waals surface area contributed by atoms with Gasteiger partial charge in [0.2, 0.25) is 5.91 Å². The average molecular weight is 603 g/mol. The molecule has 0 saturated heterocycles. The van der Waals surface area contributed by atoms with Crippen LogP contribution < -0.4 is 4.90 Å². The van der Waals surface area contributed by atoms with E-state index in [1.807, 2.05) is 0 Å². The maximum Gasteiger partial charge on any atom is 0.417 e. The molecule has 0 aliphatic heterocycles. The Bertz CT molecular complexity index is 1180. The van der Waals surface area contributed by atoms with Crippen molar-refractivity contribution in [1.82, 2.24) is 15.1 Å². The zero-order chi connectivity index (χ0) is 27.6. The lowest BCUT2D eigenvalue weighted by atomic mass is 9.53. The van der Waals surface area contributed by atoms with Crippen LogP contribution in [0, 0.1) is 11.3 Å². The average Bonchev–Trinajstić information content (AvgIpc) is 3.34. The Kier molecular flexibility index (Phi) is 6.69. The van der Waals surface area contributed by atoms with Gasteiger partial charge >= 0.3 is 6.18 Å². The Labute approximate surface area is 226 Å². The Balaban J connectivity index is 1.31. The molecule has 4 fully saturated rings. The molecule has 4 aliphatic rings. The van der Waals surface area contributed by atoms with Gasteiger partial charge in [-0.3, -0.25) is 9.69 Å². The Hall–Kier alpha value is -2.08. The molecule has 4 aliphatic carbocycles. The second-order valence-corrected chi connectivity index (χ2v) is 12.8. The highest BCUT2D eigenvalue weighted by atomic mass is 79.9. The molecule has 2 bridgehead atoms. The number of hydrogen-bond acceptors (Lipinski definition) is 6. The van der Waals surface area contributed by atoms with Crippen molar-refractivity contribution in [2.45, 2.75) is 94.5 Å². The van der Waals surface area contributed by atoms with Crippen LogP contribution in [0.4, 0.5) is 23.4 Å². The SMILES string of the molecule is CC(C)(F)c1nc(C23CCC(CN(C(=O)CC4CC(O)(C(F)(F)F)C4)c4cccc(Br)n4)(CC2)CC3)no1. The first kappa shape index (κ1) is 27.5. The van der Waals surface area contributed by atoms with Crippen molar-refractivity contribution in [2.24, 2.45) is 11.3 Å². The third-order valence-electron chi connectivity index (χ3n) is 8.83. The quantitative estimate of drug-likeness (QED) is 0.302. The number of aromatic nitrogens is 3. The minimum Gasteiger partial charge on any atom is -0.380 e. The minimum atomic E-state index is -4.70. The predicted octanol–water partition coefficient (Wildman–Crippen LogP) is 6.15. The van der Waals surface area contributed by atoms with Gasteiger partial charge in [-0.15, -0.1) is 0 Å². The summed E-state index contributed by atoms with van der Waals surface area (Å²) in [5.74, 6) is 0.110. The number of fused-ring (bicyclic) bond motifs is 3. The van der Waals surface area contributed by atoms with Crippen molar-refractivity contribution in [3.8, 4) is 0 Å². The molecule has 12 heteroatoms. The Morgan fingerprint density at radius 2 is 1.74 bits per heavy atom. The number of carbonyl (C=O) groups is 1. The summed E-state index contributed by atoms with van der Waals surface area (Å²) in [5.41, 5.74) is -4.90. The lowest BCUT2D eigenvalue weighted by Crippen LogP contribution is -2.56. The monoisotopic (exact) mass is 602 g/mol. The molecule has 0 unspecified atom stereocenters. The number of hydrogen-bond donors (Lipinski definition) is 1. The number of amides is 1. The van der Waals surface area contributed by atoms with Gasteiger partial charge in [0.15, 0.2) is 17.1 Å². The summed E-state index contributed by atoms with van der Waals surface area (Å²) in [6.45, 7) is 3.16. The van der Waals surface area contributed by atoms with E-state index in [2.05, 4.69) is 31.1 Å². The third kappa shape index (κ3) is 4.98. The molecule has 0 atom stereocenters. The summed E-state index contributed by atoms with van der Waals surface area (Å²) < 4.78 is 59.4. The van der Waals surface area contributed by atoms with Crippen LogP contribution in [-0.2, 0) is 15.9 Å². The van der Waals surface area contributed by atoms with E-state index < -0.39 is 36.2 Å². The second-order valence-electron chi connectivity index (χ2n) is 12.0. The molecule has 208 valence electrons. The van der Waals surface area contributed by atoms with Crippen LogP contribution in [0.1, 0.15) is 83.3 Å². The molecule has 1 amide bonds. The zero-order valence-corrected chi connectivity index (χ0v) is 22.9. The number of pyridine rings is 1. The van der Waals surface area contributed by atoms with Crippen molar-refractivity contribution in [3.05, 3.63) is 34.5 Å². The molecule has 38 heavy (non-hydrogen) atoms. The maximum atomic E-state index is 14.3. The van der Waals surface area contributed by atoms with E-state index >= 15 is 0 Å². The van der Waals surface area contributed by atoms with Gasteiger partial charge in [-0.05, 0) is 105 Å². The smallest absolute Gasteiger partial charge is 0.380 e. The minimum absolute atomic E-state index is 0.0322. The highest BCUT2D eigenvalue weighted by Gasteiger charge is 2.61. The normalized spacial score (nSPS) is 31.2. The molecule has 4 saturated carbocycles. The summed E-state index contributed by atoms with van der Waals surface area (Å²) in [5, 5.41) is 13.9. The van der Waals surface area contributed by atoms with Crippen LogP contribution in [0.3, 0.4) is 0 Å². The van der Waals surface area contributed by atoms with Gasteiger partial charge in [-0.2, -0.15) is 18.2 Å². The molecule has 1 N–H and O–H groups in total. The van der Waals surface area contributed by atoms with Crippen molar-refractivity contribution < 1.29 is 32.0 Å². The summed E-state index contributed by atoms with van der Waals surface area (Å²) in [6.07, 6.45) is -1.03. The topological polar surface area (TPSA) is 92.4 Å². The lowest BCUT2D eigenvalue weighted by Gasteiger charge is -2.53. The van der Waals surface area contributed by atoms with Gasteiger partial charge < -0.3 is 9.63 Å². The molecule has 0 radical (unpaired) electrons. The summed E-state index contributed by atoms with van der Waals surface area (Å²) in [4.78, 5) is 23.9. The van der Waals surface area contributed by atoms with E-state index in [1.165, 1.54) is 13.8 Å². The van der Waals surface area contributed by atoms with Gasteiger partial charge in [-0.25, -0.2) is 9.37 Å². The zero-order valence-electron chi connectivity index (χ0n) is 21.3. The lowest BCUT2D eigenvalue weighted by molar-refractivity contribution is -0.298. The molecular weight excluding hydrogens is 572 g/mol. The van der Waals surface area contributed by atoms with Crippen LogP contribution in [0.25, 0.3) is 0 Å². The number of anilines is 1. The summed E-state index contributed by atoms with van der Waals surface area (Å²) in [6, 6.07) is 5.23. The molecule has 7 nitrogen and oxygen atoms in total. The first-order valence-electron chi connectivity index (χ1n) is 12.9. The second kappa shape index (κ2) is 9.25. The van der Waals surface area contributed by atoms with Crippen LogP contribution >= 0.6 is 15.9 Å². The van der Waals surface area contributed by atoms with Gasteiger partial charge in [0.25, 0.3) is 5.89 Å². The predicted molar refractivity (Wildman–Crippen MR) is 133 cm³/mol. The Morgan fingerprint density at radius 1 is 1.11 bits per heavy atom. The van der Waals surface area contributed by atoms with E-state index in [4.69, 9.17) is 4.52 Å². The number of halogens is 5. The summed E-state index contributed by atoms with van der Waals surface area (Å²) in [7, 11) is 0. The summed E-state index contributed by atoms with van der Waals surface area (Å²) >= 11 is 3.35. The molecule has 2 aromatic rings. The van der Waals surface area contributed by atoms with Crippen molar-refractivity contribution in [3.63, 3.8) is 0 Å². The first-order valence-corrected chi connectivity index (χ1v) is 13.7. The van der Waals surface area contributed by atoms with E-state index in [9.17, 15) is 27.5 Å². The number of carbonyl (C=O) groups excluding carboxylic acids is 1. The van der Waals surface area contributed by atoms with Crippen molar-refractivity contribution in [2.75, 3.05) is 11.4 Å². The Morgan fingerprint density at radius 3 is 2.26 bits per heavy atom. The van der Waals surface area contributed by atoms with Gasteiger partial charge in [0, 0.05) is 18.4 Å². The third-order valence-corrected chi connectivity index (χ3v) is 9.27. The number of nitrogens with zero attached hydrogens (tertiary/aromatic N) is 4. The van der Waals surface area contributed by atoms with Gasteiger partial charge in [-0.1, -0.05) is 11.2 Å². The molecule has 6 rings (SSSR count). The van der Waals surface area contributed by atoms with Gasteiger partial charge in [0.1, 0.15) is 10.4 Å². The molecule has 2 heterocycles. The highest BCUT2D eigenvalue weighted by Crippen LogP contribution is 2.58. The standard InChI is InChI=1S/C26H31BrF4N4O3/c1-22(2,28)21-33-20(34-38-21)24-9-6-23(7-10-24,8-11-24)15-35(18-5-3-4-17(27)32-18)19(36)12-16-13-25(37,14-16)26(29,30)31/h3-5,16,37H,6-15H2,1-2H3. The largest absolute Gasteiger partial charge is 0.417 e. The number of rotatable bonds is 7. The maximum absolute atomic E-state index is 14.3.